The van der Waals surface area contributed by atoms with E-state index in [0.29, 0.717) is 18.4 Å². The minimum absolute atomic E-state index is 0.00892. The van der Waals surface area contributed by atoms with Crippen LogP contribution in [0.25, 0.3) is 0 Å². The standard InChI is InChI=1S/C22H32NO5/c1-4-14-19-16-8-7-15(18-10-12(2)20(24)26-18)23(16)9-5-6-17(19)27-22(14)11-13(3)21(25)28-22/h12-15,17-19H,4-11H2,1-3H3/q+1/t12-,13+,14+,15-,17+,18+,19+,22-/m1/s1. The van der Waals surface area contributed by atoms with Crippen LogP contribution in [-0.2, 0) is 23.8 Å². The molecule has 0 N–H and O–H groups in total. The maximum atomic E-state index is 12.2. The molecule has 0 amide bonds. The van der Waals surface area contributed by atoms with Gasteiger partial charge in [-0.1, -0.05) is 20.8 Å². The molecule has 5 rings (SSSR count). The minimum Gasteiger partial charge on any atom is -0.455 e. The highest BCUT2D eigenvalue weighted by Gasteiger charge is 2.64. The fourth-order valence-electron chi connectivity index (χ4n) is 6.64. The molecule has 6 heteroatoms. The van der Waals surface area contributed by atoms with Crippen LogP contribution < -0.4 is 0 Å². The third kappa shape index (κ3) is 2.59. The number of carbonyl (C=O) groups excluding carboxylic acids is 2. The van der Waals surface area contributed by atoms with Gasteiger partial charge in [0.15, 0.2) is 17.9 Å². The molecule has 0 saturated carbocycles. The summed E-state index contributed by atoms with van der Waals surface area (Å²) in [6.07, 6.45) is 6.73. The number of hydrogen-bond acceptors (Lipinski definition) is 5. The highest BCUT2D eigenvalue weighted by Crippen LogP contribution is 2.53. The van der Waals surface area contributed by atoms with E-state index < -0.39 is 5.79 Å². The molecule has 154 valence electrons. The molecule has 0 aromatic heterocycles. The SMILES string of the molecule is CC[C@H]1[C@H]2C3=[N+](CCC[C@@H]2O[C@@]12C[C@H](C)C(=O)O2)[C@@H]([C@@H]1C[C@@H](C)C(=O)O1)CC3. The molecule has 0 bridgehead atoms. The van der Waals surface area contributed by atoms with Gasteiger partial charge in [-0.2, -0.15) is 0 Å². The number of nitrogens with zero attached hydrogens (tertiary/aromatic N) is 1. The lowest BCUT2D eigenvalue weighted by Crippen LogP contribution is -2.41. The molecule has 0 radical (unpaired) electrons. The van der Waals surface area contributed by atoms with E-state index in [0.717, 1.165) is 45.1 Å². The summed E-state index contributed by atoms with van der Waals surface area (Å²) in [6, 6.07) is 0.293. The first kappa shape index (κ1) is 18.6. The van der Waals surface area contributed by atoms with Gasteiger partial charge in [-0.25, -0.2) is 4.58 Å². The largest absolute Gasteiger partial charge is 0.455 e. The molecule has 0 aromatic carbocycles. The van der Waals surface area contributed by atoms with Crippen LogP contribution in [0.5, 0.6) is 0 Å². The molecular weight excluding hydrogens is 358 g/mol. The summed E-state index contributed by atoms with van der Waals surface area (Å²) < 4.78 is 20.8. The van der Waals surface area contributed by atoms with Crippen LogP contribution in [-0.4, -0.2) is 52.8 Å². The topological polar surface area (TPSA) is 64.8 Å². The molecule has 0 unspecified atom stereocenters. The van der Waals surface area contributed by atoms with Crippen molar-refractivity contribution in [3.05, 3.63) is 0 Å². The van der Waals surface area contributed by atoms with Gasteiger partial charge in [0.25, 0.3) is 0 Å². The Hall–Kier alpha value is -1.43. The lowest BCUT2D eigenvalue weighted by molar-refractivity contribution is -0.568. The normalized spacial score (nSPS) is 47.9. The zero-order chi connectivity index (χ0) is 19.6. The van der Waals surface area contributed by atoms with E-state index >= 15 is 0 Å². The number of ether oxygens (including phenoxy) is 3. The van der Waals surface area contributed by atoms with Crippen molar-refractivity contribution in [1.82, 2.24) is 0 Å². The van der Waals surface area contributed by atoms with Gasteiger partial charge in [0.1, 0.15) is 6.54 Å². The Morgan fingerprint density at radius 2 is 1.93 bits per heavy atom. The third-order valence-electron chi connectivity index (χ3n) is 7.88. The van der Waals surface area contributed by atoms with Crippen LogP contribution in [0.15, 0.2) is 0 Å². The predicted molar refractivity (Wildman–Crippen MR) is 101 cm³/mol. The lowest BCUT2D eigenvalue weighted by atomic mass is 9.77. The minimum atomic E-state index is -0.733. The molecule has 5 heterocycles. The van der Waals surface area contributed by atoms with Gasteiger partial charge in [-0.15, -0.1) is 0 Å². The van der Waals surface area contributed by atoms with Crippen molar-refractivity contribution in [1.29, 1.82) is 0 Å². The summed E-state index contributed by atoms with van der Waals surface area (Å²) in [4.78, 5) is 24.2. The summed E-state index contributed by atoms with van der Waals surface area (Å²) in [5.74, 6) is -0.456. The molecule has 5 aliphatic rings. The summed E-state index contributed by atoms with van der Waals surface area (Å²) in [7, 11) is 0. The van der Waals surface area contributed by atoms with Crippen molar-refractivity contribution in [2.45, 2.75) is 89.8 Å². The van der Waals surface area contributed by atoms with Crippen molar-refractivity contribution in [2.75, 3.05) is 6.54 Å². The first-order valence-corrected chi connectivity index (χ1v) is 11.2. The second-order valence-corrected chi connectivity index (χ2v) is 9.58. The first-order valence-electron chi connectivity index (χ1n) is 11.2. The monoisotopic (exact) mass is 390 g/mol. The van der Waals surface area contributed by atoms with Gasteiger partial charge in [-0.3, -0.25) is 9.59 Å². The molecule has 28 heavy (non-hydrogen) atoms. The van der Waals surface area contributed by atoms with Crippen LogP contribution in [0.3, 0.4) is 0 Å². The molecule has 1 spiro atoms. The zero-order valence-corrected chi connectivity index (χ0v) is 17.2. The van der Waals surface area contributed by atoms with Gasteiger partial charge in [0.05, 0.1) is 23.9 Å². The Bertz CT molecular complexity index is 732. The summed E-state index contributed by atoms with van der Waals surface area (Å²) in [5, 5.41) is 0. The Balaban J connectivity index is 1.47. The van der Waals surface area contributed by atoms with Crippen LogP contribution >= 0.6 is 0 Å². The zero-order valence-electron chi connectivity index (χ0n) is 17.2. The Labute approximate surface area is 166 Å². The maximum Gasteiger partial charge on any atom is 0.311 e. The van der Waals surface area contributed by atoms with Crippen LogP contribution in [0, 0.1) is 23.7 Å². The smallest absolute Gasteiger partial charge is 0.311 e. The average molecular weight is 391 g/mol. The molecule has 5 aliphatic heterocycles. The van der Waals surface area contributed by atoms with Crippen molar-refractivity contribution in [2.24, 2.45) is 23.7 Å². The molecule has 3 saturated heterocycles. The third-order valence-corrected chi connectivity index (χ3v) is 7.88. The number of fused-ring (bicyclic) bond motifs is 2. The van der Waals surface area contributed by atoms with Gasteiger partial charge in [0.2, 0.25) is 5.79 Å². The summed E-state index contributed by atoms with van der Waals surface area (Å²) in [6.45, 7) is 7.12. The molecular formula is C22H32NO5+. The molecule has 8 atom stereocenters. The van der Waals surface area contributed by atoms with Gasteiger partial charge < -0.3 is 14.2 Å². The fraction of sp³-hybridized carbons (Fsp3) is 0.864. The molecule has 6 nitrogen and oxygen atoms in total. The number of cyclic esters (lactones) is 1. The predicted octanol–water partition coefficient (Wildman–Crippen LogP) is 2.67. The van der Waals surface area contributed by atoms with E-state index in [1.807, 2.05) is 13.8 Å². The number of esters is 2. The van der Waals surface area contributed by atoms with Crippen molar-refractivity contribution < 1.29 is 28.4 Å². The average Bonchev–Trinajstić information content (AvgIpc) is 3.33. The van der Waals surface area contributed by atoms with Crippen LogP contribution in [0.2, 0.25) is 0 Å². The van der Waals surface area contributed by atoms with E-state index in [-0.39, 0.29) is 41.9 Å². The summed E-state index contributed by atoms with van der Waals surface area (Å²) in [5.41, 5.74) is 1.46. The quantitative estimate of drug-likeness (QED) is 0.536. The number of hydrogen-bond donors (Lipinski definition) is 0. The van der Waals surface area contributed by atoms with Crippen LogP contribution in [0.4, 0.5) is 0 Å². The van der Waals surface area contributed by atoms with Crippen molar-refractivity contribution in [3.8, 4) is 0 Å². The summed E-state index contributed by atoms with van der Waals surface area (Å²) >= 11 is 0. The number of carbonyl (C=O) groups is 2. The van der Waals surface area contributed by atoms with E-state index in [1.54, 1.807) is 0 Å². The molecule has 0 aliphatic carbocycles. The molecule has 3 fully saturated rings. The van der Waals surface area contributed by atoms with E-state index in [4.69, 9.17) is 14.2 Å². The fourth-order valence-corrected chi connectivity index (χ4v) is 6.64. The van der Waals surface area contributed by atoms with E-state index in [2.05, 4.69) is 11.5 Å². The second kappa shape index (κ2) is 6.54. The van der Waals surface area contributed by atoms with Gasteiger partial charge in [0, 0.05) is 38.0 Å². The second-order valence-electron chi connectivity index (χ2n) is 9.58. The highest BCUT2D eigenvalue weighted by molar-refractivity contribution is 5.85. The van der Waals surface area contributed by atoms with E-state index in [1.165, 1.54) is 5.71 Å². The van der Waals surface area contributed by atoms with Gasteiger partial charge >= 0.3 is 11.9 Å². The van der Waals surface area contributed by atoms with Crippen molar-refractivity contribution >= 4 is 17.7 Å². The molecule has 0 aromatic rings. The van der Waals surface area contributed by atoms with Crippen LogP contribution in [0.1, 0.15) is 65.7 Å². The first-order chi connectivity index (χ1) is 13.4. The Morgan fingerprint density at radius 1 is 1.11 bits per heavy atom. The lowest BCUT2D eigenvalue weighted by Gasteiger charge is -2.29. The Kier molecular flexibility index (Phi) is 4.34. The van der Waals surface area contributed by atoms with Crippen molar-refractivity contribution in [3.63, 3.8) is 0 Å². The van der Waals surface area contributed by atoms with Gasteiger partial charge in [-0.05, 0) is 12.8 Å². The number of rotatable bonds is 2. The van der Waals surface area contributed by atoms with E-state index in [9.17, 15) is 9.59 Å². The Morgan fingerprint density at radius 3 is 2.57 bits per heavy atom. The maximum absolute atomic E-state index is 12.2. The highest BCUT2D eigenvalue weighted by atomic mass is 16.7.